The normalized spacial score (nSPS) is 8.08. The van der Waals surface area contributed by atoms with E-state index in [1.165, 1.54) is 11.9 Å². The Morgan fingerprint density at radius 2 is 2.15 bits per heavy atom. The third kappa shape index (κ3) is 7.14. The highest BCUT2D eigenvalue weighted by molar-refractivity contribution is 5.85. The van der Waals surface area contributed by atoms with Crippen molar-refractivity contribution in [2.45, 2.75) is 0 Å². The molecule has 0 radical (unpaired) electrons. The second-order valence-electron chi connectivity index (χ2n) is 2.13. The molecule has 0 atom stereocenters. The van der Waals surface area contributed by atoms with E-state index in [1.54, 1.807) is 0 Å². The lowest BCUT2D eigenvalue weighted by Gasteiger charge is -2.12. The van der Waals surface area contributed by atoms with Crippen molar-refractivity contribution < 1.29 is 14.3 Å². The van der Waals surface area contributed by atoms with Gasteiger partial charge < -0.3 is 15.4 Å². The van der Waals surface area contributed by atoms with Crippen molar-refractivity contribution in [2.24, 2.45) is 5.73 Å². The van der Waals surface area contributed by atoms with Gasteiger partial charge in [0.15, 0.2) is 0 Å². The van der Waals surface area contributed by atoms with Crippen LogP contribution in [0.2, 0.25) is 0 Å². The largest absolute Gasteiger partial charge is 0.461 e. The van der Waals surface area contributed by atoms with E-state index in [4.69, 9.17) is 5.73 Å². The molecule has 5 nitrogen and oxygen atoms in total. The highest BCUT2D eigenvalue weighted by Gasteiger charge is 2.02. The van der Waals surface area contributed by atoms with E-state index in [2.05, 4.69) is 11.3 Å². The SMILES string of the molecule is C=CC(=O)OCCN(C)C(N)=O.Cl. The molecule has 2 amide bonds. The molecule has 0 saturated heterocycles. The maximum atomic E-state index is 10.5. The number of carbonyl (C=O) groups is 2. The molecule has 0 aliphatic carbocycles. The van der Waals surface area contributed by atoms with Gasteiger partial charge in [0.1, 0.15) is 6.61 Å². The van der Waals surface area contributed by atoms with Crippen molar-refractivity contribution in [3.05, 3.63) is 12.7 Å². The zero-order valence-electron chi connectivity index (χ0n) is 7.36. The number of nitrogens with two attached hydrogens (primary N) is 1. The Labute approximate surface area is 82.9 Å². The number of hydrogen-bond acceptors (Lipinski definition) is 3. The monoisotopic (exact) mass is 208 g/mol. The summed E-state index contributed by atoms with van der Waals surface area (Å²) in [5.74, 6) is -0.507. The maximum Gasteiger partial charge on any atom is 0.330 e. The number of primary amides is 1. The zero-order chi connectivity index (χ0) is 9.56. The standard InChI is InChI=1S/C7H12N2O3.ClH/c1-3-6(10)12-5-4-9(2)7(8)11;/h3H,1,4-5H2,2H3,(H2,8,11);1H. The van der Waals surface area contributed by atoms with Crippen LogP contribution in [0.5, 0.6) is 0 Å². The van der Waals surface area contributed by atoms with Gasteiger partial charge in [-0.1, -0.05) is 6.58 Å². The van der Waals surface area contributed by atoms with Crippen LogP contribution in [0.1, 0.15) is 0 Å². The molecule has 0 heterocycles. The number of ether oxygens (including phenoxy) is 1. The smallest absolute Gasteiger partial charge is 0.330 e. The van der Waals surface area contributed by atoms with Gasteiger partial charge in [0.25, 0.3) is 0 Å². The van der Waals surface area contributed by atoms with Crippen LogP contribution in [0.15, 0.2) is 12.7 Å². The molecule has 0 spiro atoms. The molecule has 0 fully saturated rings. The minimum absolute atomic E-state index is 0. The molecule has 0 bridgehead atoms. The minimum atomic E-state index is -0.551. The predicted molar refractivity (Wildman–Crippen MR) is 50.6 cm³/mol. The lowest BCUT2D eigenvalue weighted by molar-refractivity contribution is -0.137. The second kappa shape index (κ2) is 7.42. The molecular weight excluding hydrogens is 196 g/mol. The van der Waals surface area contributed by atoms with Gasteiger partial charge in [-0.3, -0.25) is 0 Å². The van der Waals surface area contributed by atoms with Gasteiger partial charge in [-0.15, -0.1) is 12.4 Å². The van der Waals surface area contributed by atoms with Crippen LogP contribution in [0.4, 0.5) is 4.79 Å². The van der Waals surface area contributed by atoms with E-state index in [-0.39, 0.29) is 25.6 Å². The van der Waals surface area contributed by atoms with Crippen molar-refractivity contribution in [3.8, 4) is 0 Å². The fourth-order valence-corrected chi connectivity index (χ4v) is 0.452. The molecule has 0 aliphatic rings. The summed E-state index contributed by atoms with van der Waals surface area (Å²) < 4.78 is 4.61. The van der Waals surface area contributed by atoms with Crippen LogP contribution in [-0.2, 0) is 9.53 Å². The summed E-state index contributed by atoms with van der Waals surface area (Å²) in [7, 11) is 1.52. The number of rotatable bonds is 4. The van der Waals surface area contributed by atoms with Crippen LogP contribution in [-0.4, -0.2) is 37.1 Å². The van der Waals surface area contributed by atoms with E-state index in [0.717, 1.165) is 6.08 Å². The van der Waals surface area contributed by atoms with Crippen molar-refractivity contribution in [1.82, 2.24) is 4.90 Å². The summed E-state index contributed by atoms with van der Waals surface area (Å²) in [5.41, 5.74) is 4.91. The lowest BCUT2D eigenvalue weighted by atomic mass is 10.6. The van der Waals surface area contributed by atoms with Crippen LogP contribution in [0.25, 0.3) is 0 Å². The summed E-state index contributed by atoms with van der Waals surface area (Å²) in [6, 6.07) is -0.551. The summed E-state index contributed by atoms with van der Waals surface area (Å²) in [6.45, 7) is 3.63. The van der Waals surface area contributed by atoms with Gasteiger partial charge in [0.2, 0.25) is 0 Å². The molecule has 2 N–H and O–H groups in total. The number of likely N-dealkylation sites (N-methyl/N-ethyl adjacent to an activating group) is 1. The summed E-state index contributed by atoms with van der Waals surface area (Å²) in [6.07, 6.45) is 1.06. The highest BCUT2D eigenvalue weighted by Crippen LogP contribution is 1.84. The quantitative estimate of drug-likeness (QED) is 0.528. The molecule has 0 unspecified atom stereocenters. The first-order valence-electron chi connectivity index (χ1n) is 3.37. The molecule has 0 aromatic heterocycles. The Kier molecular flexibility index (Phi) is 8.16. The first-order chi connectivity index (χ1) is 5.57. The molecule has 0 saturated carbocycles. The topological polar surface area (TPSA) is 72.6 Å². The third-order valence-electron chi connectivity index (χ3n) is 1.21. The summed E-state index contributed by atoms with van der Waals surface area (Å²) in [4.78, 5) is 22.2. The Morgan fingerprint density at radius 3 is 2.54 bits per heavy atom. The first kappa shape index (κ1) is 14.3. The molecule has 0 aromatic rings. The number of hydrogen-bond donors (Lipinski definition) is 1. The third-order valence-corrected chi connectivity index (χ3v) is 1.21. The first-order valence-corrected chi connectivity index (χ1v) is 3.37. The zero-order valence-corrected chi connectivity index (χ0v) is 8.17. The number of urea groups is 1. The summed E-state index contributed by atoms with van der Waals surface area (Å²) >= 11 is 0. The lowest BCUT2D eigenvalue weighted by Crippen LogP contribution is -2.34. The van der Waals surface area contributed by atoms with Crippen molar-refractivity contribution in [2.75, 3.05) is 20.2 Å². The minimum Gasteiger partial charge on any atom is -0.461 e. The van der Waals surface area contributed by atoms with Crippen molar-refractivity contribution in [1.29, 1.82) is 0 Å². The fraction of sp³-hybridized carbons (Fsp3) is 0.429. The average molecular weight is 209 g/mol. The van der Waals surface area contributed by atoms with Gasteiger partial charge in [0.05, 0.1) is 6.54 Å². The van der Waals surface area contributed by atoms with E-state index in [1.807, 2.05) is 0 Å². The van der Waals surface area contributed by atoms with E-state index in [9.17, 15) is 9.59 Å². The number of halogens is 1. The fourth-order valence-electron chi connectivity index (χ4n) is 0.452. The van der Waals surface area contributed by atoms with Gasteiger partial charge in [-0.2, -0.15) is 0 Å². The van der Waals surface area contributed by atoms with Crippen LogP contribution in [0, 0.1) is 0 Å². The second-order valence-corrected chi connectivity index (χ2v) is 2.13. The van der Waals surface area contributed by atoms with Crippen molar-refractivity contribution >= 4 is 24.4 Å². The molecular formula is C7H13ClN2O3. The Morgan fingerprint density at radius 1 is 1.62 bits per heavy atom. The molecule has 6 heteroatoms. The van der Waals surface area contributed by atoms with Gasteiger partial charge >= 0.3 is 12.0 Å². The molecule has 0 aliphatic heterocycles. The molecule has 0 aromatic carbocycles. The number of esters is 1. The van der Waals surface area contributed by atoms with Gasteiger partial charge in [0, 0.05) is 13.1 Å². The van der Waals surface area contributed by atoms with Gasteiger partial charge in [-0.05, 0) is 0 Å². The molecule has 76 valence electrons. The number of nitrogens with zero attached hydrogens (tertiary/aromatic N) is 1. The van der Waals surface area contributed by atoms with Gasteiger partial charge in [-0.25, -0.2) is 9.59 Å². The summed E-state index contributed by atoms with van der Waals surface area (Å²) in [5, 5.41) is 0. The Bertz CT molecular complexity index is 196. The van der Waals surface area contributed by atoms with Crippen LogP contribution >= 0.6 is 12.4 Å². The number of carbonyl (C=O) groups excluding carboxylic acids is 2. The van der Waals surface area contributed by atoms with Crippen LogP contribution < -0.4 is 5.73 Å². The van der Waals surface area contributed by atoms with Crippen LogP contribution in [0.3, 0.4) is 0 Å². The number of amides is 2. The Balaban J connectivity index is 0. The Hall–Kier alpha value is -1.23. The predicted octanol–water partition coefficient (Wildman–Crippen LogP) is 0.148. The highest BCUT2D eigenvalue weighted by atomic mass is 35.5. The van der Waals surface area contributed by atoms with E-state index in [0.29, 0.717) is 0 Å². The van der Waals surface area contributed by atoms with E-state index < -0.39 is 12.0 Å². The molecule has 0 rings (SSSR count). The molecule has 13 heavy (non-hydrogen) atoms. The average Bonchev–Trinajstić information content (AvgIpc) is 2.03. The van der Waals surface area contributed by atoms with Crippen molar-refractivity contribution in [3.63, 3.8) is 0 Å². The van der Waals surface area contributed by atoms with E-state index >= 15 is 0 Å². The maximum absolute atomic E-state index is 10.5.